The maximum atomic E-state index is 13.5. The van der Waals surface area contributed by atoms with Gasteiger partial charge in [0.05, 0.1) is 22.4 Å². The average molecular weight is 524 g/mol. The summed E-state index contributed by atoms with van der Waals surface area (Å²) in [7, 11) is 0. The highest BCUT2D eigenvalue weighted by Gasteiger charge is 2.42. The average Bonchev–Trinajstić information content (AvgIpc) is 3.42. The summed E-state index contributed by atoms with van der Waals surface area (Å²) in [4.78, 5) is 13.5. The van der Waals surface area contributed by atoms with Gasteiger partial charge < -0.3 is 0 Å². The molecule has 2 heterocycles. The minimum Gasteiger partial charge on any atom is -0.285 e. The van der Waals surface area contributed by atoms with Crippen molar-refractivity contribution in [2.24, 2.45) is 11.0 Å². The standard InChI is InChI=1S/C26H24BrClN4O/c1-2-20-24(26(33)30-31-16-15-17-7-3-5-9-22(17)31)29-32(23-10-6-4-8-21(23)28)25(20)18-11-13-19(27)14-12-18/h3-14,20,25H,2,15-16H2,1H3,(H,30,33)/t20-,25-/m0/s1. The zero-order chi connectivity index (χ0) is 22.9. The van der Waals surface area contributed by atoms with Crippen molar-refractivity contribution < 1.29 is 4.79 Å². The maximum absolute atomic E-state index is 13.5. The van der Waals surface area contributed by atoms with E-state index in [1.807, 2.05) is 64.6 Å². The number of fused-ring (bicyclic) bond motifs is 1. The van der Waals surface area contributed by atoms with Crippen LogP contribution < -0.4 is 15.4 Å². The number of hydrazine groups is 1. The largest absolute Gasteiger partial charge is 0.286 e. The van der Waals surface area contributed by atoms with Gasteiger partial charge in [0, 0.05) is 16.9 Å². The van der Waals surface area contributed by atoms with Gasteiger partial charge in [-0.3, -0.25) is 20.2 Å². The minimum absolute atomic E-state index is 0.0831. The first-order valence-electron chi connectivity index (χ1n) is 11.1. The molecule has 7 heteroatoms. The predicted octanol–water partition coefficient (Wildman–Crippen LogP) is 6.14. The van der Waals surface area contributed by atoms with Gasteiger partial charge in [0.25, 0.3) is 5.91 Å². The summed E-state index contributed by atoms with van der Waals surface area (Å²) >= 11 is 10.1. The fourth-order valence-electron chi connectivity index (χ4n) is 4.71. The highest BCUT2D eigenvalue weighted by atomic mass is 79.9. The van der Waals surface area contributed by atoms with Gasteiger partial charge in [0.2, 0.25) is 0 Å². The Morgan fingerprint density at radius 2 is 1.76 bits per heavy atom. The van der Waals surface area contributed by atoms with Crippen LogP contribution in [0.25, 0.3) is 0 Å². The number of hydrazone groups is 1. The summed E-state index contributed by atoms with van der Waals surface area (Å²) < 4.78 is 1.01. The third-order valence-electron chi connectivity index (χ3n) is 6.32. The molecule has 0 aromatic heterocycles. The van der Waals surface area contributed by atoms with Crippen LogP contribution in [0.5, 0.6) is 0 Å². The van der Waals surface area contributed by atoms with Crippen LogP contribution >= 0.6 is 27.5 Å². The molecule has 0 saturated heterocycles. The van der Waals surface area contributed by atoms with Crippen molar-refractivity contribution in [3.05, 3.63) is 93.4 Å². The number of hydrogen-bond donors (Lipinski definition) is 1. The van der Waals surface area contributed by atoms with E-state index in [0.717, 1.165) is 40.8 Å². The van der Waals surface area contributed by atoms with E-state index < -0.39 is 0 Å². The topological polar surface area (TPSA) is 47.9 Å². The van der Waals surface area contributed by atoms with Crippen molar-refractivity contribution >= 4 is 50.5 Å². The number of rotatable bonds is 5. The lowest BCUT2D eigenvalue weighted by molar-refractivity contribution is -0.115. The molecule has 0 radical (unpaired) electrons. The number of carbonyl (C=O) groups is 1. The van der Waals surface area contributed by atoms with Crippen molar-refractivity contribution in [1.29, 1.82) is 0 Å². The van der Waals surface area contributed by atoms with Gasteiger partial charge >= 0.3 is 0 Å². The Morgan fingerprint density at radius 1 is 1.06 bits per heavy atom. The second-order valence-corrected chi connectivity index (χ2v) is 9.59. The normalized spacial score (nSPS) is 19.4. The Hall–Kier alpha value is -2.83. The van der Waals surface area contributed by atoms with Crippen LogP contribution in [0, 0.1) is 5.92 Å². The van der Waals surface area contributed by atoms with Gasteiger partial charge in [0.1, 0.15) is 5.71 Å². The number of para-hydroxylation sites is 2. The summed E-state index contributed by atoms with van der Waals surface area (Å²) in [5.74, 6) is -0.254. The number of anilines is 2. The molecular weight excluding hydrogens is 500 g/mol. The highest BCUT2D eigenvalue weighted by molar-refractivity contribution is 9.10. The first kappa shape index (κ1) is 22.0. The van der Waals surface area contributed by atoms with Gasteiger partial charge in [-0.25, -0.2) is 0 Å². The summed E-state index contributed by atoms with van der Waals surface area (Å²) in [5, 5.41) is 9.31. The fraction of sp³-hybridized carbons (Fsp3) is 0.231. The van der Waals surface area contributed by atoms with Gasteiger partial charge in [-0.2, -0.15) is 5.10 Å². The zero-order valence-electron chi connectivity index (χ0n) is 18.2. The van der Waals surface area contributed by atoms with Crippen LogP contribution in [-0.2, 0) is 11.2 Å². The molecule has 5 nitrogen and oxygen atoms in total. The Kier molecular flexibility index (Phi) is 6.13. The van der Waals surface area contributed by atoms with Crippen LogP contribution in [0.15, 0.2) is 82.4 Å². The minimum atomic E-state index is -0.171. The summed E-state index contributed by atoms with van der Waals surface area (Å²) in [6.07, 6.45) is 1.68. The van der Waals surface area contributed by atoms with E-state index in [2.05, 4.69) is 46.5 Å². The van der Waals surface area contributed by atoms with E-state index in [4.69, 9.17) is 16.7 Å². The summed E-state index contributed by atoms with van der Waals surface area (Å²) in [5.41, 5.74) is 7.79. The first-order chi connectivity index (χ1) is 16.1. The van der Waals surface area contributed by atoms with Crippen LogP contribution in [-0.4, -0.2) is 18.2 Å². The quantitative estimate of drug-likeness (QED) is 0.437. The maximum Gasteiger partial charge on any atom is 0.286 e. The van der Waals surface area contributed by atoms with E-state index >= 15 is 0 Å². The lowest BCUT2D eigenvalue weighted by Gasteiger charge is -2.29. The second kappa shape index (κ2) is 9.20. The molecule has 2 aliphatic rings. The number of amides is 1. The molecule has 2 atom stereocenters. The molecular formula is C26H24BrClN4O. The lowest BCUT2D eigenvalue weighted by Crippen LogP contribution is -2.46. The Balaban J connectivity index is 1.51. The van der Waals surface area contributed by atoms with Crippen LogP contribution in [0.2, 0.25) is 5.02 Å². The van der Waals surface area contributed by atoms with Gasteiger partial charge in [0.15, 0.2) is 0 Å². The van der Waals surface area contributed by atoms with Gasteiger partial charge in [-0.05, 0) is 54.3 Å². The van der Waals surface area contributed by atoms with E-state index in [1.54, 1.807) is 0 Å². The number of nitrogens with one attached hydrogen (secondary N) is 1. The monoisotopic (exact) mass is 522 g/mol. The molecule has 33 heavy (non-hydrogen) atoms. The van der Waals surface area contributed by atoms with Crippen LogP contribution in [0.1, 0.15) is 30.5 Å². The smallest absolute Gasteiger partial charge is 0.285 e. The second-order valence-electron chi connectivity index (χ2n) is 8.26. The molecule has 0 unspecified atom stereocenters. The molecule has 0 saturated carbocycles. The molecule has 1 N–H and O–H groups in total. The summed E-state index contributed by atoms with van der Waals surface area (Å²) in [6.45, 7) is 2.85. The Labute approximate surface area is 207 Å². The zero-order valence-corrected chi connectivity index (χ0v) is 20.6. The third kappa shape index (κ3) is 4.13. The first-order valence-corrected chi connectivity index (χ1v) is 12.3. The predicted molar refractivity (Wildman–Crippen MR) is 138 cm³/mol. The summed E-state index contributed by atoms with van der Waals surface area (Å²) in [6, 6.07) is 23.9. The molecule has 1 amide bonds. The molecule has 5 rings (SSSR count). The van der Waals surface area contributed by atoms with Crippen molar-refractivity contribution in [1.82, 2.24) is 5.43 Å². The van der Waals surface area contributed by atoms with E-state index in [-0.39, 0.29) is 17.9 Å². The van der Waals surface area contributed by atoms with Crippen LogP contribution in [0.4, 0.5) is 11.4 Å². The van der Waals surface area contributed by atoms with Crippen LogP contribution in [0.3, 0.4) is 0 Å². The number of benzene rings is 3. The fourth-order valence-corrected chi connectivity index (χ4v) is 5.20. The molecule has 3 aromatic carbocycles. The van der Waals surface area contributed by atoms with E-state index in [0.29, 0.717) is 10.7 Å². The molecule has 0 fully saturated rings. The van der Waals surface area contributed by atoms with E-state index in [1.165, 1.54) is 5.56 Å². The molecule has 2 aliphatic heterocycles. The lowest BCUT2D eigenvalue weighted by atomic mass is 9.87. The molecule has 0 spiro atoms. The van der Waals surface area contributed by atoms with E-state index in [9.17, 15) is 4.79 Å². The Morgan fingerprint density at radius 3 is 2.48 bits per heavy atom. The Bertz CT molecular complexity index is 1210. The number of halogens is 2. The van der Waals surface area contributed by atoms with Gasteiger partial charge in [-0.15, -0.1) is 0 Å². The number of carbonyl (C=O) groups excluding carboxylic acids is 1. The third-order valence-corrected chi connectivity index (χ3v) is 7.17. The molecule has 0 bridgehead atoms. The number of hydrogen-bond acceptors (Lipinski definition) is 4. The van der Waals surface area contributed by atoms with Crippen molar-refractivity contribution in [2.75, 3.05) is 16.6 Å². The highest BCUT2D eigenvalue weighted by Crippen LogP contribution is 2.43. The SMILES string of the molecule is CC[C@H]1C(C(=O)NN2CCc3ccccc32)=NN(c2ccccc2Cl)[C@H]1c1ccc(Br)cc1. The molecule has 168 valence electrons. The molecule has 0 aliphatic carbocycles. The van der Waals surface area contributed by atoms with Crippen molar-refractivity contribution in [3.8, 4) is 0 Å². The van der Waals surface area contributed by atoms with Gasteiger partial charge in [-0.1, -0.05) is 76.9 Å². The number of nitrogens with zero attached hydrogens (tertiary/aromatic N) is 3. The van der Waals surface area contributed by atoms with Crippen molar-refractivity contribution in [2.45, 2.75) is 25.8 Å². The van der Waals surface area contributed by atoms with Crippen molar-refractivity contribution in [3.63, 3.8) is 0 Å². The molecule has 3 aromatic rings.